The van der Waals surface area contributed by atoms with Gasteiger partial charge in [0.2, 0.25) is 0 Å². The number of ether oxygens (including phenoxy) is 3. The molecule has 0 fully saturated rings. The van der Waals surface area contributed by atoms with E-state index in [2.05, 4.69) is 5.32 Å². The molecule has 2 aromatic rings. The molecule has 28 heavy (non-hydrogen) atoms. The third kappa shape index (κ3) is 5.19. The highest BCUT2D eigenvalue weighted by atomic mass is 32.2. The lowest BCUT2D eigenvalue weighted by Crippen LogP contribution is -2.30. The van der Waals surface area contributed by atoms with E-state index in [0.717, 1.165) is 21.7 Å². The lowest BCUT2D eigenvalue weighted by atomic mass is 10.1. The zero-order valence-corrected chi connectivity index (χ0v) is 16.9. The molecule has 0 radical (unpaired) electrons. The number of anilines is 1. The number of fused-ring (bicyclic) bond motifs is 1. The highest BCUT2D eigenvalue weighted by Gasteiger charge is 2.19. The topological polar surface area (TPSA) is 73.9 Å². The molecule has 0 aromatic heterocycles. The maximum Gasteiger partial charge on any atom is 0.317 e. The Morgan fingerprint density at radius 1 is 1.11 bits per heavy atom. The van der Waals surface area contributed by atoms with Crippen molar-refractivity contribution in [2.75, 3.05) is 24.3 Å². The first-order valence-corrected chi connectivity index (χ1v) is 10.0. The van der Waals surface area contributed by atoms with Gasteiger partial charge in [0.1, 0.15) is 13.2 Å². The minimum atomic E-state index is -0.881. The Morgan fingerprint density at radius 2 is 1.86 bits per heavy atom. The second-order valence-electron chi connectivity index (χ2n) is 6.53. The van der Waals surface area contributed by atoms with Crippen LogP contribution >= 0.6 is 11.8 Å². The maximum absolute atomic E-state index is 12.3. The number of nitrogens with one attached hydrogen (secondary N) is 1. The first-order valence-electron chi connectivity index (χ1n) is 9.02. The van der Waals surface area contributed by atoms with E-state index in [1.165, 1.54) is 11.8 Å². The van der Waals surface area contributed by atoms with Crippen LogP contribution < -0.4 is 14.8 Å². The molecule has 148 valence electrons. The SMILES string of the molecule is Cc1ccc(C)c(NC(=O)[C@@H](C)OC(=O)CSc2ccc3c(c2)OCCO3)c1. The molecule has 0 saturated carbocycles. The van der Waals surface area contributed by atoms with Crippen LogP contribution in [0.2, 0.25) is 0 Å². The summed E-state index contributed by atoms with van der Waals surface area (Å²) in [7, 11) is 0. The van der Waals surface area contributed by atoms with Gasteiger partial charge in [0.05, 0.1) is 5.75 Å². The van der Waals surface area contributed by atoms with E-state index in [1.807, 2.05) is 50.2 Å². The van der Waals surface area contributed by atoms with Gasteiger partial charge in [0.25, 0.3) is 5.91 Å². The molecule has 0 spiro atoms. The minimum Gasteiger partial charge on any atom is -0.486 e. The summed E-state index contributed by atoms with van der Waals surface area (Å²) in [6.45, 7) is 6.47. The van der Waals surface area contributed by atoms with Crippen molar-refractivity contribution in [3.63, 3.8) is 0 Å². The van der Waals surface area contributed by atoms with E-state index in [4.69, 9.17) is 14.2 Å². The van der Waals surface area contributed by atoms with E-state index in [0.29, 0.717) is 24.7 Å². The molecule has 2 aromatic carbocycles. The zero-order chi connectivity index (χ0) is 20.1. The quantitative estimate of drug-likeness (QED) is 0.587. The number of benzene rings is 2. The molecule has 6 nitrogen and oxygen atoms in total. The smallest absolute Gasteiger partial charge is 0.317 e. The van der Waals surface area contributed by atoms with Crippen molar-refractivity contribution in [2.24, 2.45) is 0 Å². The van der Waals surface area contributed by atoms with Crippen LogP contribution in [0.15, 0.2) is 41.3 Å². The Hall–Kier alpha value is -2.67. The van der Waals surface area contributed by atoms with Gasteiger partial charge in [0.15, 0.2) is 17.6 Å². The molecule has 1 atom stereocenters. The van der Waals surface area contributed by atoms with Gasteiger partial charge < -0.3 is 19.5 Å². The van der Waals surface area contributed by atoms with Crippen molar-refractivity contribution in [3.8, 4) is 11.5 Å². The first kappa shape index (κ1) is 20.1. The van der Waals surface area contributed by atoms with Crippen molar-refractivity contribution in [2.45, 2.75) is 31.8 Å². The fourth-order valence-electron chi connectivity index (χ4n) is 2.65. The average molecular weight is 401 g/mol. The monoisotopic (exact) mass is 401 g/mol. The summed E-state index contributed by atoms with van der Waals surface area (Å²) in [6, 6.07) is 11.3. The summed E-state index contributed by atoms with van der Waals surface area (Å²) in [5, 5.41) is 2.81. The number of esters is 1. The second kappa shape index (κ2) is 9.01. The van der Waals surface area contributed by atoms with Crippen LogP contribution in [0.1, 0.15) is 18.1 Å². The number of hydrogen-bond donors (Lipinski definition) is 1. The van der Waals surface area contributed by atoms with Crippen LogP contribution in [-0.4, -0.2) is 36.9 Å². The number of carbonyl (C=O) groups is 2. The van der Waals surface area contributed by atoms with Gasteiger partial charge in [0, 0.05) is 10.6 Å². The summed E-state index contributed by atoms with van der Waals surface area (Å²) in [4.78, 5) is 25.3. The molecule has 0 unspecified atom stereocenters. The summed E-state index contributed by atoms with van der Waals surface area (Å²) in [5.74, 6) is 0.663. The third-order valence-electron chi connectivity index (χ3n) is 4.20. The molecular formula is C21H23NO5S. The lowest BCUT2D eigenvalue weighted by molar-refractivity contribution is -0.150. The Labute approximate surface area is 168 Å². The van der Waals surface area contributed by atoms with E-state index >= 15 is 0 Å². The van der Waals surface area contributed by atoms with Crippen molar-refractivity contribution in [1.82, 2.24) is 0 Å². The van der Waals surface area contributed by atoms with Crippen molar-refractivity contribution >= 4 is 29.3 Å². The standard InChI is InChI=1S/C21H23NO5S/c1-13-4-5-14(2)17(10-13)22-21(24)15(3)27-20(23)12-28-16-6-7-18-19(11-16)26-9-8-25-18/h4-7,10-11,15H,8-9,12H2,1-3H3,(H,22,24)/t15-/m1/s1. The average Bonchev–Trinajstić information content (AvgIpc) is 2.69. The predicted molar refractivity (Wildman–Crippen MR) is 108 cm³/mol. The Kier molecular flexibility index (Phi) is 6.46. The van der Waals surface area contributed by atoms with Crippen LogP contribution in [0.25, 0.3) is 0 Å². The number of hydrogen-bond acceptors (Lipinski definition) is 6. The predicted octanol–water partition coefficient (Wildman–Crippen LogP) is 3.74. The summed E-state index contributed by atoms with van der Waals surface area (Å²) in [6.07, 6.45) is -0.881. The number of amides is 1. The summed E-state index contributed by atoms with van der Waals surface area (Å²) < 4.78 is 16.3. The molecular weight excluding hydrogens is 378 g/mol. The van der Waals surface area contributed by atoms with Crippen molar-refractivity contribution < 1.29 is 23.8 Å². The van der Waals surface area contributed by atoms with Gasteiger partial charge in [-0.05, 0) is 56.2 Å². The summed E-state index contributed by atoms with van der Waals surface area (Å²) in [5.41, 5.74) is 2.71. The molecule has 0 saturated heterocycles. The fourth-order valence-corrected chi connectivity index (χ4v) is 3.35. The van der Waals surface area contributed by atoms with Crippen molar-refractivity contribution in [1.29, 1.82) is 0 Å². The van der Waals surface area contributed by atoms with Gasteiger partial charge in [-0.25, -0.2) is 0 Å². The van der Waals surface area contributed by atoms with Gasteiger partial charge in [-0.3, -0.25) is 9.59 Å². The Balaban J connectivity index is 1.50. The first-order chi connectivity index (χ1) is 13.4. The molecule has 1 N–H and O–H groups in total. The number of rotatable bonds is 6. The zero-order valence-electron chi connectivity index (χ0n) is 16.1. The van der Waals surface area contributed by atoms with Gasteiger partial charge >= 0.3 is 5.97 Å². The molecule has 7 heteroatoms. The van der Waals surface area contributed by atoms with Crippen LogP contribution in [0.5, 0.6) is 11.5 Å². The van der Waals surface area contributed by atoms with Crippen LogP contribution in [-0.2, 0) is 14.3 Å². The highest BCUT2D eigenvalue weighted by Crippen LogP contribution is 2.34. The van der Waals surface area contributed by atoms with Crippen LogP contribution in [0, 0.1) is 13.8 Å². The van der Waals surface area contributed by atoms with Crippen molar-refractivity contribution in [3.05, 3.63) is 47.5 Å². The molecule has 1 amide bonds. The summed E-state index contributed by atoms with van der Waals surface area (Å²) >= 11 is 1.32. The van der Waals surface area contributed by atoms with E-state index in [1.54, 1.807) is 6.92 Å². The highest BCUT2D eigenvalue weighted by molar-refractivity contribution is 8.00. The molecule has 0 aliphatic carbocycles. The Bertz CT molecular complexity index is 883. The van der Waals surface area contributed by atoms with Crippen LogP contribution in [0.3, 0.4) is 0 Å². The molecule has 1 aliphatic rings. The number of aryl methyl sites for hydroxylation is 2. The minimum absolute atomic E-state index is 0.0980. The van der Waals surface area contributed by atoms with Gasteiger partial charge in [-0.1, -0.05) is 12.1 Å². The lowest BCUT2D eigenvalue weighted by Gasteiger charge is -2.18. The molecule has 3 rings (SSSR count). The normalized spacial score (nSPS) is 13.5. The van der Waals surface area contributed by atoms with E-state index in [-0.39, 0.29) is 11.7 Å². The molecule has 0 bridgehead atoms. The molecule has 1 heterocycles. The Morgan fingerprint density at radius 3 is 2.64 bits per heavy atom. The van der Waals surface area contributed by atoms with E-state index < -0.39 is 12.1 Å². The van der Waals surface area contributed by atoms with Gasteiger partial charge in [-0.2, -0.15) is 0 Å². The maximum atomic E-state index is 12.3. The number of thioether (sulfide) groups is 1. The van der Waals surface area contributed by atoms with E-state index in [9.17, 15) is 9.59 Å². The fraction of sp³-hybridized carbons (Fsp3) is 0.333. The van der Waals surface area contributed by atoms with Gasteiger partial charge in [-0.15, -0.1) is 11.8 Å². The molecule has 1 aliphatic heterocycles. The number of carbonyl (C=O) groups excluding carboxylic acids is 2. The second-order valence-corrected chi connectivity index (χ2v) is 7.58. The van der Waals surface area contributed by atoms with Crippen LogP contribution in [0.4, 0.5) is 5.69 Å². The third-order valence-corrected chi connectivity index (χ3v) is 5.17. The largest absolute Gasteiger partial charge is 0.486 e.